The zero-order valence-electron chi connectivity index (χ0n) is 19.7. The van der Waals surface area contributed by atoms with Gasteiger partial charge in [-0.05, 0) is 61.0 Å². The van der Waals surface area contributed by atoms with Crippen LogP contribution < -0.4 is 5.32 Å². The molecule has 0 saturated carbocycles. The first kappa shape index (κ1) is 28.3. The summed E-state index contributed by atoms with van der Waals surface area (Å²) in [6.07, 6.45) is -3.78. The van der Waals surface area contributed by atoms with Gasteiger partial charge in [0.1, 0.15) is 5.75 Å². The third-order valence-corrected chi connectivity index (χ3v) is 8.50. The summed E-state index contributed by atoms with van der Waals surface area (Å²) >= 11 is 9.22. The number of nitrogens with one attached hydrogen (secondary N) is 1. The zero-order valence-corrected chi connectivity index (χ0v) is 22.8. The van der Waals surface area contributed by atoms with E-state index >= 15 is 0 Å². The first-order valence-electron chi connectivity index (χ1n) is 11.4. The Labute approximate surface area is 230 Å². The van der Waals surface area contributed by atoms with Crippen LogP contribution in [-0.4, -0.2) is 60.1 Å². The van der Waals surface area contributed by atoms with E-state index in [2.05, 4.69) is 26.2 Å². The number of amides is 1. The molecule has 38 heavy (non-hydrogen) atoms. The number of anilines is 1. The van der Waals surface area contributed by atoms with E-state index < -0.39 is 45.4 Å². The molecule has 0 bridgehead atoms. The summed E-state index contributed by atoms with van der Waals surface area (Å²) in [5.41, 5.74) is -1.76. The molecule has 3 aromatic rings. The molecule has 2 aromatic carbocycles. The van der Waals surface area contributed by atoms with Crippen LogP contribution in [-0.2, 0) is 14.6 Å². The Kier molecular flexibility index (Phi) is 8.08. The number of carbonyl (C=O) groups is 1. The Morgan fingerprint density at radius 1 is 1.13 bits per heavy atom. The van der Waals surface area contributed by atoms with Crippen molar-refractivity contribution >= 4 is 59.9 Å². The van der Waals surface area contributed by atoms with E-state index in [-0.39, 0.29) is 24.4 Å². The molecule has 0 fully saturated rings. The summed E-state index contributed by atoms with van der Waals surface area (Å²) < 4.78 is 66.0. The minimum atomic E-state index is -4.71. The maximum Gasteiger partial charge on any atom is 0.393 e. The lowest BCUT2D eigenvalue weighted by molar-refractivity contribution is -0.145. The summed E-state index contributed by atoms with van der Waals surface area (Å²) in [6.45, 7) is 0.0839. The fourth-order valence-corrected chi connectivity index (χ4v) is 6.21. The normalized spacial score (nSPS) is 18.2. The quantitative estimate of drug-likeness (QED) is 0.309. The van der Waals surface area contributed by atoms with Crippen LogP contribution in [0.15, 0.2) is 75.7 Å². The van der Waals surface area contributed by atoms with Crippen LogP contribution >= 0.6 is 27.5 Å². The lowest BCUT2D eigenvalue weighted by Gasteiger charge is -2.33. The van der Waals surface area contributed by atoms with Crippen LogP contribution in [0.1, 0.15) is 12.8 Å². The van der Waals surface area contributed by atoms with Crippen LogP contribution in [0.4, 0.5) is 18.9 Å². The first-order valence-corrected chi connectivity index (χ1v) is 14.2. The number of hydrogen-bond acceptors (Lipinski definition) is 6. The van der Waals surface area contributed by atoms with E-state index in [1.807, 2.05) is 0 Å². The van der Waals surface area contributed by atoms with Gasteiger partial charge in [0.15, 0.2) is 15.6 Å². The SMILES string of the molecule is O=C1C(CC(F)(F)F)=CC(O)(CS(=O)(=O)c2ccc(Br)cc2)N1CCCNc1ccnc2cc(Cl)ccc12. The smallest absolute Gasteiger partial charge is 0.384 e. The molecular weight excluding hydrogens is 611 g/mol. The fourth-order valence-electron chi connectivity index (χ4n) is 4.27. The summed E-state index contributed by atoms with van der Waals surface area (Å²) in [5, 5.41) is 15.7. The number of hydrogen-bond donors (Lipinski definition) is 2. The fraction of sp³-hybridized carbons (Fsp3) is 0.280. The molecule has 1 amide bonds. The van der Waals surface area contributed by atoms with Gasteiger partial charge in [0.2, 0.25) is 0 Å². The molecule has 0 aliphatic carbocycles. The van der Waals surface area contributed by atoms with Gasteiger partial charge < -0.3 is 15.3 Å². The average Bonchev–Trinajstić information content (AvgIpc) is 3.03. The molecule has 0 radical (unpaired) electrons. The number of fused-ring (bicyclic) bond motifs is 1. The number of aliphatic hydroxyl groups is 1. The molecule has 1 aliphatic heterocycles. The Morgan fingerprint density at radius 2 is 1.84 bits per heavy atom. The molecule has 13 heteroatoms. The largest absolute Gasteiger partial charge is 0.393 e. The third kappa shape index (κ3) is 6.48. The number of nitrogens with zero attached hydrogens (tertiary/aromatic N) is 2. The molecule has 2 N–H and O–H groups in total. The van der Waals surface area contributed by atoms with E-state index in [0.717, 1.165) is 16.0 Å². The molecule has 0 saturated heterocycles. The second-order valence-electron chi connectivity index (χ2n) is 8.81. The molecule has 4 rings (SSSR count). The van der Waals surface area contributed by atoms with Gasteiger partial charge in [-0.1, -0.05) is 27.5 Å². The highest BCUT2D eigenvalue weighted by atomic mass is 79.9. The lowest BCUT2D eigenvalue weighted by atomic mass is 10.1. The molecule has 1 aromatic heterocycles. The van der Waals surface area contributed by atoms with E-state index in [1.165, 1.54) is 24.3 Å². The van der Waals surface area contributed by atoms with Crippen LogP contribution in [0, 0.1) is 0 Å². The molecule has 1 atom stereocenters. The molecule has 0 spiro atoms. The van der Waals surface area contributed by atoms with Crippen LogP contribution in [0.2, 0.25) is 5.02 Å². The van der Waals surface area contributed by atoms with Crippen molar-refractivity contribution in [1.82, 2.24) is 9.88 Å². The highest BCUT2D eigenvalue weighted by molar-refractivity contribution is 9.10. The predicted molar refractivity (Wildman–Crippen MR) is 141 cm³/mol. The number of halogens is 5. The van der Waals surface area contributed by atoms with Crippen molar-refractivity contribution < 1.29 is 31.5 Å². The molecular formula is C25H22BrClF3N3O4S. The topological polar surface area (TPSA) is 99.6 Å². The van der Waals surface area contributed by atoms with Gasteiger partial charge in [0.05, 0.1) is 16.8 Å². The summed E-state index contributed by atoms with van der Waals surface area (Å²) in [7, 11) is -4.17. The van der Waals surface area contributed by atoms with Gasteiger partial charge >= 0.3 is 6.18 Å². The van der Waals surface area contributed by atoms with Crippen molar-refractivity contribution in [3.05, 3.63) is 75.9 Å². The Hall–Kier alpha value is -2.67. The standard InChI is InChI=1S/C25H22BrClF3N3O4S/c26-17-2-5-19(6-3-17)38(36,37)15-24(35)13-16(14-25(28,29)30)23(34)33(24)11-1-9-31-21-8-10-32-22-12-18(27)4-7-20(21)22/h2-8,10,12-13,35H,1,9,11,14-15H2,(H,31,32). The van der Waals surface area contributed by atoms with Crippen LogP contribution in [0.25, 0.3) is 10.9 Å². The lowest BCUT2D eigenvalue weighted by Crippen LogP contribution is -2.51. The van der Waals surface area contributed by atoms with Gasteiger partial charge in [0, 0.05) is 45.4 Å². The predicted octanol–water partition coefficient (Wildman–Crippen LogP) is 5.34. The van der Waals surface area contributed by atoms with Crippen molar-refractivity contribution in [3.8, 4) is 0 Å². The van der Waals surface area contributed by atoms with Crippen molar-refractivity contribution in [1.29, 1.82) is 0 Å². The number of rotatable bonds is 9. The van der Waals surface area contributed by atoms with Crippen LogP contribution in [0.5, 0.6) is 0 Å². The second-order valence-corrected chi connectivity index (χ2v) is 12.2. The monoisotopic (exact) mass is 631 g/mol. The summed E-state index contributed by atoms with van der Waals surface area (Å²) in [6, 6.07) is 12.5. The van der Waals surface area contributed by atoms with E-state index in [9.17, 15) is 31.5 Å². The van der Waals surface area contributed by atoms with Crippen molar-refractivity contribution in [2.45, 2.75) is 29.6 Å². The van der Waals surface area contributed by atoms with Crippen molar-refractivity contribution in [3.63, 3.8) is 0 Å². The van der Waals surface area contributed by atoms with E-state index in [4.69, 9.17) is 11.6 Å². The van der Waals surface area contributed by atoms with Crippen molar-refractivity contribution in [2.75, 3.05) is 24.2 Å². The third-order valence-electron chi connectivity index (χ3n) is 5.94. The molecule has 2 heterocycles. The van der Waals surface area contributed by atoms with Crippen molar-refractivity contribution in [2.24, 2.45) is 0 Å². The number of pyridine rings is 1. The maximum absolute atomic E-state index is 13.1. The Morgan fingerprint density at radius 3 is 2.53 bits per heavy atom. The van der Waals surface area contributed by atoms with Crippen LogP contribution in [0.3, 0.4) is 0 Å². The van der Waals surface area contributed by atoms with E-state index in [1.54, 1.807) is 30.5 Å². The number of carbonyl (C=O) groups excluding carboxylic acids is 1. The highest BCUT2D eigenvalue weighted by Gasteiger charge is 2.48. The second kappa shape index (κ2) is 10.8. The van der Waals surface area contributed by atoms with Gasteiger partial charge in [-0.25, -0.2) is 8.42 Å². The summed E-state index contributed by atoms with van der Waals surface area (Å²) in [5.74, 6) is -2.04. The number of alkyl halides is 3. The summed E-state index contributed by atoms with van der Waals surface area (Å²) in [4.78, 5) is 17.8. The van der Waals surface area contributed by atoms with Gasteiger partial charge in [0.25, 0.3) is 5.91 Å². The minimum absolute atomic E-state index is 0.134. The van der Waals surface area contributed by atoms with Gasteiger partial charge in [-0.3, -0.25) is 9.78 Å². The minimum Gasteiger partial charge on any atom is -0.384 e. The molecule has 1 unspecified atom stereocenters. The molecule has 202 valence electrons. The first-order chi connectivity index (χ1) is 17.8. The Bertz CT molecular complexity index is 1500. The zero-order chi connectivity index (χ0) is 27.7. The van der Waals surface area contributed by atoms with Gasteiger partial charge in [-0.2, -0.15) is 13.2 Å². The molecule has 7 nitrogen and oxygen atoms in total. The number of sulfone groups is 1. The highest BCUT2D eigenvalue weighted by Crippen LogP contribution is 2.35. The molecule has 1 aliphatic rings. The average molecular weight is 633 g/mol. The van der Waals surface area contributed by atoms with E-state index in [0.29, 0.717) is 21.1 Å². The van der Waals surface area contributed by atoms with Gasteiger partial charge in [-0.15, -0.1) is 0 Å². The number of benzene rings is 2. The Balaban J connectivity index is 1.52. The maximum atomic E-state index is 13.1. The number of aromatic nitrogens is 1.